The zero-order chi connectivity index (χ0) is 20.1. The number of hydrogen-bond donors (Lipinski definition) is 2. The molecule has 1 aromatic heterocycles. The predicted octanol–water partition coefficient (Wildman–Crippen LogP) is 3.05. The van der Waals surface area contributed by atoms with Crippen LogP contribution in [0, 0.1) is 0 Å². The molecule has 3 rings (SSSR count). The number of halogens is 1. The van der Waals surface area contributed by atoms with Gasteiger partial charge in [-0.1, -0.05) is 11.6 Å². The van der Waals surface area contributed by atoms with Crippen molar-refractivity contribution in [3.05, 3.63) is 40.5 Å². The Labute approximate surface area is 172 Å². The Morgan fingerprint density at radius 2 is 2.18 bits per heavy atom. The molecule has 0 bridgehead atoms. The van der Waals surface area contributed by atoms with E-state index in [1.807, 2.05) is 6.07 Å². The van der Waals surface area contributed by atoms with Crippen LogP contribution in [0.2, 0.25) is 5.02 Å². The highest BCUT2D eigenvalue weighted by Gasteiger charge is 2.20. The van der Waals surface area contributed by atoms with Crippen molar-refractivity contribution in [2.24, 2.45) is 0 Å². The lowest BCUT2D eigenvalue weighted by molar-refractivity contribution is -0.115. The molecular formula is C19H22ClN3O4S. The van der Waals surface area contributed by atoms with E-state index in [4.69, 9.17) is 21.1 Å². The monoisotopic (exact) mass is 423 g/mol. The Balaban J connectivity index is 1.38. The van der Waals surface area contributed by atoms with Crippen molar-refractivity contribution in [2.75, 3.05) is 45.0 Å². The summed E-state index contributed by atoms with van der Waals surface area (Å²) in [4.78, 5) is 29.2. The lowest BCUT2D eigenvalue weighted by Gasteiger charge is -2.17. The number of carbonyl (C=O) groups excluding carboxylic acids is 2. The lowest BCUT2D eigenvalue weighted by Crippen LogP contribution is -2.30. The zero-order valence-electron chi connectivity index (χ0n) is 15.7. The Morgan fingerprint density at radius 3 is 2.96 bits per heavy atom. The third kappa shape index (κ3) is 4.81. The minimum Gasteiger partial charge on any atom is -0.482 e. The van der Waals surface area contributed by atoms with E-state index in [1.54, 1.807) is 42.0 Å². The number of thioether (sulfide) groups is 1. The number of hydrogen-bond acceptors (Lipinski definition) is 5. The molecule has 1 aliphatic rings. The van der Waals surface area contributed by atoms with Crippen LogP contribution >= 0.6 is 23.4 Å². The van der Waals surface area contributed by atoms with Gasteiger partial charge in [0.25, 0.3) is 5.91 Å². The van der Waals surface area contributed by atoms with Crippen LogP contribution in [0.5, 0.6) is 5.88 Å². The molecule has 7 nitrogen and oxygen atoms in total. The topological polar surface area (TPSA) is 83.7 Å². The average Bonchev–Trinajstić information content (AvgIpc) is 3.28. The van der Waals surface area contributed by atoms with Gasteiger partial charge in [0.1, 0.15) is 5.56 Å². The second kappa shape index (κ2) is 9.36. The zero-order valence-corrected chi connectivity index (χ0v) is 17.3. The van der Waals surface area contributed by atoms with Crippen LogP contribution < -0.4 is 10.1 Å². The summed E-state index contributed by atoms with van der Waals surface area (Å²) in [5.41, 5.74) is 2.26. The fourth-order valence-electron chi connectivity index (χ4n) is 2.85. The number of aromatic nitrogens is 1. The maximum absolute atomic E-state index is 12.4. The molecule has 0 saturated heterocycles. The van der Waals surface area contributed by atoms with E-state index < -0.39 is 0 Å². The van der Waals surface area contributed by atoms with Crippen molar-refractivity contribution in [1.82, 2.24) is 9.88 Å². The third-order valence-corrected chi connectivity index (χ3v) is 5.77. The number of likely N-dealkylation sites (N-methyl/N-ethyl adjacent to an activating group) is 1. The minimum absolute atomic E-state index is 0.00697. The van der Waals surface area contributed by atoms with Crippen molar-refractivity contribution >= 4 is 40.9 Å². The first-order valence-electron chi connectivity index (χ1n) is 8.79. The largest absolute Gasteiger partial charge is 0.482 e. The normalized spacial score (nSPS) is 12.6. The van der Waals surface area contributed by atoms with Gasteiger partial charge in [-0.05, 0) is 23.8 Å². The van der Waals surface area contributed by atoms with Crippen LogP contribution in [-0.4, -0.2) is 61.4 Å². The van der Waals surface area contributed by atoms with Gasteiger partial charge in [-0.3, -0.25) is 9.59 Å². The molecule has 0 radical (unpaired) electrons. The fourth-order valence-corrected chi connectivity index (χ4v) is 4.02. The van der Waals surface area contributed by atoms with Crippen LogP contribution in [-0.2, 0) is 16.0 Å². The number of fused-ring (bicyclic) bond motifs is 1. The highest BCUT2D eigenvalue weighted by molar-refractivity contribution is 7.99. The van der Waals surface area contributed by atoms with Crippen molar-refractivity contribution in [1.29, 1.82) is 0 Å². The highest BCUT2D eigenvalue weighted by atomic mass is 35.5. The van der Waals surface area contributed by atoms with E-state index in [0.29, 0.717) is 42.6 Å². The molecule has 2 heterocycles. The van der Waals surface area contributed by atoms with Gasteiger partial charge in [-0.25, -0.2) is 0 Å². The van der Waals surface area contributed by atoms with Gasteiger partial charge < -0.3 is 24.7 Å². The van der Waals surface area contributed by atoms with Crippen LogP contribution in [0.3, 0.4) is 0 Å². The number of nitrogens with one attached hydrogen (secondary N) is 2. The Hall–Kier alpha value is -2.16. The summed E-state index contributed by atoms with van der Waals surface area (Å²) in [6.45, 7) is 1.45. The van der Waals surface area contributed by atoms with Gasteiger partial charge in [0.05, 0.1) is 31.8 Å². The number of carbonyl (C=O) groups is 2. The van der Waals surface area contributed by atoms with Crippen molar-refractivity contribution in [3.63, 3.8) is 0 Å². The summed E-state index contributed by atoms with van der Waals surface area (Å²) < 4.78 is 10.8. The molecule has 0 aliphatic carbocycles. The molecule has 2 N–H and O–H groups in total. The van der Waals surface area contributed by atoms with E-state index in [9.17, 15) is 9.59 Å². The number of amides is 2. The van der Waals surface area contributed by atoms with Crippen LogP contribution in [0.15, 0.2) is 29.3 Å². The summed E-state index contributed by atoms with van der Waals surface area (Å²) in [5, 5.41) is 3.41. The van der Waals surface area contributed by atoms with Crippen LogP contribution in [0.1, 0.15) is 15.9 Å². The predicted molar refractivity (Wildman–Crippen MR) is 110 cm³/mol. The standard InChI is InChI=1S/C19H22ClN3O4S/c1-23(19(25)13-3-4-21-18(13)26-2)5-6-27-7-8-28-16-9-12-10-17(24)22-15(12)11-14(16)20/h3-4,9,11,21H,5-8,10H2,1-2H3,(H,22,24). The van der Waals surface area contributed by atoms with Gasteiger partial charge in [-0.2, -0.15) is 0 Å². The Bertz CT molecular complexity index is 871. The van der Waals surface area contributed by atoms with Crippen molar-refractivity contribution in [2.45, 2.75) is 11.3 Å². The molecule has 2 amide bonds. The van der Waals surface area contributed by atoms with Gasteiger partial charge >= 0.3 is 0 Å². The number of anilines is 1. The van der Waals surface area contributed by atoms with Gasteiger partial charge in [0, 0.05) is 36.1 Å². The summed E-state index contributed by atoms with van der Waals surface area (Å²) in [7, 11) is 3.25. The lowest BCUT2D eigenvalue weighted by atomic mass is 10.2. The SMILES string of the molecule is COc1[nH]ccc1C(=O)N(C)CCOCCSc1cc2c(cc1Cl)NC(=O)C2. The maximum atomic E-state index is 12.4. The van der Waals surface area contributed by atoms with Gasteiger partial charge in [-0.15, -0.1) is 11.8 Å². The van der Waals surface area contributed by atoms with E-state index in [1.165, 1.54) is 7.11 Å². The molecule has 0 atom stereocenters. The molecule has 150 valence electrons. The number of methoxy groups -OCH3 is 1. The highest BCUT2D eigenvalue weighted by Crippen LogP contribution is 2.35. The summed E-state index contributed by atoms with van der Waals surface area (Å²) in [6.07, 6.45) is 2.06. The van der Waals surface area contributed by atoms with E-state index in [0.717, 1.165) is 21.9 Å². The van der Waals surface area contributed by atoms with Crippen LogP contribution in [0.4, 0.5) is 5.69 Å². The number of benzene rings is 1. The first kappa shape index (κ1) is 20.6. The number of ether oxygens (including phenoxy) is 2. The fraction of sp³-hybridized carbons (Fsp3) is 0.368. The second-order valence-corrected chi connectivity index (χ2v) is 7.82. The number of aromatic amines is 1. The number of nitrogens with zero attached hydrogens (tertiary/aromatic N) is 1. The maximum Gasteiger partial charge on any atom is 0.259 e. The van der Waals surface area contributed by atoms with Crippen LogP contribution in [0.25, 0.3) is 0 Å². The third-order valence-electron chi connectivity index (χ3n) is 4.33. The molecule has 0 fully saturated rings. The van der Waals surface area contributed by atoms with E-state index in [2.05, 4.69) is 10.3 Å². The Morgan fingerprint density at radius 1 is 1.36 bits per heavy atom. The average molecular weight is 424 g/mol. The van der Waals surface area contributed by atoms with E-state index >= 15 is 0 Å². The number of H-pyrrole nitrogens is 1. The molecule has 1 aliphatic heterocycles. The van der Waals surface area contributed by atoms with Crippen molar-refractivity contribution in [3.8, 4) is 5.88 Å². The molecule has 0 saturated carbocycles. The summed E-state index contributed by atoms with van der Waals surface area (Å²) in [6, 6.07) is 5.44. The quantitative estimate of drug-likeness (QED) is 0.478. The smallest absolute Gasteiger partial charge is 0.259 e. The van der Waals surface area contributed by atoms with Gasteiger partial charge in [0.2, 0.25) is 11.8 Å². The van der Waals surface area contributed by atoms with E-state index in [-0.39, 0.29) is 11.8 Å². The summed E-state index contributed by atoms with van der Waals surface area (Å²) >= 11 is 7.86. The summed E-state index contributed by atoms with van der Waals surface area (Å²) in [5.74, 6) is 1.05. The molecule has 0 spiro atoms. The molecule has 0 unspecified atom stereocenters. The van der Waals surface area contributed by atoms with Crippen molar-refractivity contribution < 1.29 is 19.1 Å². The molecule has 1 aromatic carbocycles. The van der Waals surface area contributed by atoms with Gasteiger partial charge in [0.15, 0.2) is 0 Å². The first-order chi connectivity index (χ1) is 13.5. The minimum atomic E-state index is -0.121. The number of rotatable bonds is 9. The molecular weight excluding hydrogens is 402 g/mol. The first-order valence-corrected chi connectivity index (χ1v) is 10.2. The Kier molecular flexibility index (Phi) is 6.88. The second-order valence-electron chi connectivity index (χ2n) is 6.28. The molecule has 28 heavy (non-hydrogen) atoms. The molecule has 9 heteroatoms. The molecule has 2 aromatic rings.